The van der Waals surface area contributed by atoms with Crippen molar-refractivity contribution in [2.75, 3.05) is 39.9 Å². The first-order valence-electron chi connectivity index (χ1n) is 10.7. The normalized spacial score (nSPS) is 11.9. The van der Waals surface area contributed by atoms with Crippen LogP contribution in [0.5, 0.6) is 28.7 Å². The van der Waals surface area contributed by atoms with Gasteiger partial charge in [-0.1, -0.05) is 13.0 Å². The van der Waals surface area contributed by atoms with Gasteiger partial charge in [0.1, 0.15) is 23.4 Å². The molecule has 0 aliphatic carbocycles. The second-order valence-corrected chi connectivity index (χ2v) is 9.48. The van der Waals surface area contributed by atoms with Gasteiger partial charge in [0.2, 0.25) is 10.6 Å². The van der Waals surface area contributed by atoms with E-state index >= 15 is 0 Å². The summed E-state index contributed by atoms with van der Waals surface area (Å²) < 4.78 is 23.6. The van der Waals surface area contributed by atoms with Crippen molar-refractivity contribution in [3.05, 3.63) is 40.8 Å². The molecule has 0 aliphatic heterocycles. The summed E-state index contributed by atoms with van der Waals surface area (Å²) in [5.74, 6) is 2.56. The molecule has 33 heavy (non-hydrogen) atoms. The van der Waals surface area contributed by atoms with Crippen LogP contribution in [0, 0.1) is 0 Å². The summed E-state index contributed by atoms with van der Waals surface area (Å²) in [5.41, 5.74) is 0.227. The Kier molecular flexibility index (Phi) is 8.32. The van der Waals surface area contributed by atoms with E-state index in [2.05, 4.69) is 4.98 Å². The second kappa shape index (κ2) is 11.2. The highest BCUT2D eigenvalue weighted by atomic mass is 32.2. The first-order chi connectivity index (χ1) is 16.0. The van der Waals surface area contributed by atoms with Gasteiger partial charge in [-0.2, -0.15) is 0 Å². The third-order valence-electron chi connectivity index (χ3n) is 5.23. The summed E-state index contributed by atoms with van der Waals surface area (Å²) in [6.07, 6.45) is 5.01. The summed E-state index contributed by atoms with van der Waals surface area (Å²) in [6.45, 7) is 2.95. The van der Waals surface area contributed by atoms with Crippen molar-refractivity contribution in [1.29, 1.82) is 0 Å². The maximum atomic E-state index is 13.1. The van der Waals surface area contributed by atoms with Gasteiger partial charge in [0.05, 0.1) is 27.9 Å². The van der Waals surface area contributed by atoms with Gasteiger partial charge in [-0.25, -0.2) is 4.98 Å². The molecule has 0 radical (unpaired) electrons. The molecule has 0 fully saturated rings. The summed E-state index contributed by atoms with van der Waals surface area (Å²) in [4.78, 5) is 17.8. The van der Waals surface area contributed by atoms with E-state index in [-0.39, 0.29) is 11.3 Å². The van der Waals surface area contributed by atoms with E-state index < -0.39 is 10.9 Å². The zero-order valence-electron chi connectivity index (χ0n) is 19.7. The third kappa shape index (κ3) is 5.13. The van der Waals surface area contributed by atoms with Gasteiger partial charge >= 0.3 is 5.56 Å². The van der Waals surface area contributed by atoms with Crippen molar-refractivity contribution in [2.24, 2.45) is 0 Å². The third-order valence-corrected chi connectivity index (χ3v) is 7.19. The monoisotopic (exact) mass is 474 g/mol. The van der Waals surface area contributed by atoms with Crippen LogP contribution in [-0.2, 0) is 17.4 Å². The van der Waals surface area contributed by atoms with E-state index in [1.54, 1.807) is 56.4 Å². The van der Waals surface area contributed by atoms with Crippen LogP contribution in [0.3, 0.4) is 0 Å². The Morgan fingerprint density at radius 2 is 1.82 bits per heavy atom. The largest absolute Gasteiger partial charge is 0.868 e. The topological polar surface area (TPSA) is 94.9 Å². The van der Waals surface area contributed by atoms with E-state index in [1.807, 2.05) is 13.2 Å². The molecule has 0 bridgehead atoms. The number of rotatable bonds is 11. The average Bonchev–Trinajstić information content (AvgIpc) is 2.83. The average molecular weight is 475 g/mol. The molecule has 0 aliphatic rings. The van der Waals surface area contributed by atoms with E-state index in [1.165, 1.54) is 0 Å². The molecule has 1 atom stereocenters. The van der Waals surface area contributed by atoms with Crippen molar-refractivity contribution in [3.63, 3.8) is 0 Å². The predicted octanol–water partition coefficient (Wildman–Crippen LogP) is 2.98. The van der Waals surface area contributed by atoms with Gasteiger partial charge in [0, 0.05) is 47.6 Å². The van der Waals surface area contributed by atoms with Gasteiger partial charge in [0.25, 0.3) is 0 Å². The van der Waals surface area contributed by atoms with E-state index in [0.717, 1.165) is 6.42 Å². The molecule has 1 aromatic carbocycles. The molecule has 0 spiro atoms. The molecule has 0 amide bonds. The minimum absolute atomic E-state index is 0.216. The van der Waals surface area contributed by atoms with Gasteiger partial charge in [-0.05, 0) is 18.2 Å². The molecule has 2 heterocycles. The summed E-state index contributed by atoms with van der Waals surface area (Å²) in [6, 6.07) is 6.95. The molecular formula is C24H30N2O6S. The quantitative estimate of drug-likeness (QED) is 0.311. The van der Waals surface area contributed by atoms with Crippen molar-refractivity contribution < 1.29 is 24.1 Å². The maximum absolute atomic E-state index is 13.1. The number of hydrogen-bond donors (Lipinski definition) is 0. The number of aryl methyl sites for hydroxylation is 1. The fraction of sp³-hybridized carbons (Fsp3) is 0.417. The number of ether oxygens (including phenoxy) is 4. The fourth-order valence-electron chi connectivity index (χ4n) is 3.67. The van der Waals surface area contributed by atoms with Crippen LogP contribution in [0.4, 0.5) is 0 Å². The van der Waals surface area contributed by atoms with Gasteiger partial charge in [0.15, 0.2) is 11.5 Å². The molecule has 2 aromatic heterocycles. The smallest absolute Gasteiger partial charge is 0.306 e. The summed E-state index contributed by atoms with van der Waals surface area (Å²) in [7, 11) is 4.12. The van der Waals surface area contributed by atoms with E-state index in [9.17, 15) is 9.90 Å². The van der Waals surface area contributed by atoms with Crippen LogP contribution in [-0.4, -0.2) is 49.5 Å². The van der Waals surface area contributed by atoms with Crippen molar-refractivity contribution in [1.82, 2.24) is 9.55 Å². The Morgan fingerprint density at radius 1 is 1.12 bits per heavy atom. The SMILES string of the molecule is CCCn1c(=O)c([S+](C)CCCOc2cc(OC)c(OC)c(OC)c2)c([O-])c2cccnc21. The summed E-state index contributed by atoms with van der Waals surface area (Å²) >= 11 is 0. The van der Waals surface area contributed by atoms with Crippen LogP contribution >= 0.6 is 0 Å². The Bertz CT molecular complexity index is 1140. The second-order valence-electron chi connectivity index (χ2n) is 7.39. The highest BCUT2D eigenvalue weighted by Crippen LogP contribution is 2.40. The fourth-order valence-corrected chi connectivity index (χ4v) is 5.26. The lowest BCUT2D eigenvalue weighted by atomic mass is 10.2. The number of aromatic nitrogens is 2. The molecule has 0 saturated carbocycles. The molecule has 0 N–H and O–H groups in total. The van der Waals surface area contributed by atoms with E-state index in [0.29, 0.717) is 64.3 Å². The number of fused-ring (bicyclic) bond motifs is 1. The highest BCUT2D eigenvalue weighted by molar-refractivity contribution is 7.96. The number of nitrogens with zero attached hydrogens (tertiary/aromatic N) is 2. The molecule has 0 saturated heterocycles. The molecule has 3 aromatic rings. The first-order valence-corrected chi connectivity index (χ1v) is 12.5. The van der Waals surface area contributed by atoms with Crippen LogP contribution in [0.25, 0.3) is 11.0 Å². The summed E-state index contributed by atoms with van der Waals surface area (Å²) in [5, 5.41) is 13.6. The number of pyridine rings is 2. The minimum atomic E-state index is -0.524. The first kappa shape index (κ1) is 24.6. The van der Waals surface area contributed by atoms with Crippen LogP contribution in [0.1, 0.15) is 19.8 Å². The standard InChI is InChI=1S/C24H30N2O6S/c1-6-11-26-23-17(9-7-10-25-23)20(27)22(24(26)28)33(5)13-8-12-32-16-14-18(29-2)21(31-4)19(15-16)30-3/h7,9-10,14-15H,6,8,11-13H2,1-5H3. The molecule has 178 valence electrons. The molecule has 8 nitrogen and oxygen atoms in total. The zero-order valence-corrected chi connectivity index (χ0v) is 20.5. The molecular weight excluding hydrogens is 444 g/mol. The van der Waals surface area contributed by atoms with Crippen molar-refractivity contribution >= 4 is 21.9 Å². The Balaban J connectivity index is 1.74. The van der Waals surface area contributed by atoms with Crippen LogP contribution in [0.2, 0.25) is 0 Å². The maximum Gasteiger partial charge on any atom is 0.306 e. The Morgan fingerprint density at radius 3 is 2.42 bits per heavy atom. The van der Waals surface area contributed by atoms with Gasteiger partial charge in [-0.15, -0.1) is 0 Å². The zero-order chi connectivity index (χ0) is 24.0. The van der Waals surface area contributed by atoms with E-state index in [4.69, 9.17) is 18.9 Å². The molecule has 1 unspecified atom stereocenters. The van der Waals surface area contributed by atoms with Gasteiger partial charge < -0.3 is 24.1 Å². The van der Waals surface area contributed by atoms with Crippen LogP contribution in [0.15, 0.2) is 40.2 Å². The predicted molar refractivity (Wildman–Crippen MR) is 128 cm³/mol. The minimum Gasteiger partial charge on any atom is -0.868 e. The van der Waals surface area contributed by atoms with Crippen LogP contribution < -0.4 is 29.6 Å². The number of methoxy groups -OCH3 is 3. The Hall–Kier alpha value is -3.07. The van der Waals surface area contributed by atoms with Crippen molar-refractivity contribution in [2.45, 2.75) is 31.2 Å². The Labute approximate surface area is 196 Å². The number of hydrogen-bond acceptors (Lipinski definition) is 7. The molecule has 3 rings (SSSR count). The lowest BCUT2D eigenvalue weighted by Crippen LogP contribution is -2.29. The van der Waals surface area contributed by atoms with Crippen molar-refractivity contribution in [3.8, 4) is 28.7 Å². The lowest BCUT2D eigenvalue weighted by Gasteiger charge is -2.18. The molecule has 9 heteroatoms. The lowest BCUT2D eigenvalue weighted by molar-refractivity contribution is -0.270. The van der Waals surface area contributed by atoms with Gasteiger partial charge in [-0.3, -0.25) is 9.36 Å². The number of benzene rings is 1. The highest BCUT2D eigenvalue weighted by Gasteiger charge is 2.25.